The standard InChI is InChI=1S/C17H15ClN4O3S/c1-3-22-9(2)14(26-17(22)25)13-6-7-19-16(21-13)20-10-4-5-12(18)11(8-10)15(23)24/h4-8H,3H2,1-2H3,(H,23,24)(H,19,20,21). The highest BCUT2D eigenvalue weighted by Crippen LogP contribution is 2.27. The maximum atomic E-state index is 12.0. The number of halogens is 1. The third-order valence-electron chi connectivity index (χ3n) is 3.80. The molecule has 0 saturated heterocycles. The van der Waals surface area contributed by atoms with Gasteiger partial charge >= 0.3 is 10.8 Å². The molecule has 134 valence electrons. The molecular weight excluding hydrogens is 376 g/mol. The molecule has 0 aliphatic heterocycles. The fourth-order valence-corrected chi connectivity index (χ4v) is 3.75. The van der Waals surface area contributed by atoms with Gasteiger partial charge in [-0.05, 0) is 38.1 Å². The Balaban J connectivity index is 1.95. The predicted octanol–water partition coefficient (Wildman–Crippen LogP) is 3.79. The largest absolute Gasteiger partial charge is 0.478 e. The van der Waals surface area contributed by atoms with Crippen LogP contribution in [0.1, 0.15) is 23.0 Å². The molecule has 3 aromatic rings. The smallest absolute Gasteiger partial charge is 0.337 e. The first-order valence-corrected chi connectivity index (χ1v) is 8.93. The predicted molar refractivity (Wildman–Crippen MR) is 102 cm³/mol. The molecule has 0 atom stereocenters. The molecule has 9 heteroatoms. The highest BCUT2D eigenvalue weighted by atomic mass is 35.5. The second-order valence-corrected chi connectivity index (χ2v) is 6.79. The number of benzene rings is 1. The summed E-state index contributed by atoms with van der Waals surface area (Å²) < 4.78 is 1.69. The van der Waals surface area contributed by atoms with Crippen molar-refractivity contribution in [1.29, 1.82) is 0 Å². The quantitative estimate of drug-likeness (QED) is 0.687. The molecule has 2 heterocycles. The van der Waals surface area contributed by atoms with Gasteiger partial charge in [0.15, 0.2) is 0 Å². The average molecular weight is 391 g/mol. The first-order valence-electron chi connectivity index (χ1n) is 7.74. The van der Waals surface area contributed by atoms with Crippen molar-refractivity contribution in [2.24, 2.45) is 0 Å². The molecule has 0 aliphatic carbocycles. The van der Waals surface area contributed by atoms with Crippen molar-refractivity contribution in [2.75, 3.05) is 5.32 Å². The molecular formula is C17H15ClN4O3S. The van der Waals surface area contributed by atoms with Gasteiger partial charge < -0.3 is 15.0 Å². The number of carboxylic acid groups (broad SMARTS) is 1. The van der Waals surface area contributed by atoms with Crippen LogP contribution in [0.15, 0.2) is 35.3 Å². The molecule has 0 amide bonds. The van der Waals surface area contributed by atoms with Gasteiger partial charge in [0.2, 0.25) is 5.95 Å². The zero-order valence-electron chi connectivity index (χ0n) is 14.0. The summed E-state index contributed by atoms with van der Waals surface area (Å²) in [6, 6.07) is 6.28. The van der Waals surface area contributed by atoms with E-state index in [-0.39, 0.29) is 15.5 Å². The molecule has 1 aromatic carbocycles. The van der Waals surface area contributed by atoms with Crippen molar-refractivity contribution < 1.29 is 9.90 Å². The van der Waals surface area contributed by atoms with Gasteiger partial charge in [-0.3, -0.25) is 4.79 Å². The van der Waals surface area contributed by atoms with Crippen molar-refractivity contribution in [3.8, 4) is 10.6 Å². The summed E-state index contributed by atoms with van der Waals surface area (Å²) in [5.74, 6) is -0.820. The number of carbonyl (C=O) groups is 1. The second-order valence-electron chi connectivity index (χ2n) is 5.42. The molecule has 0 radical (unpaired) electrons. The Morgan fingerprint density at radius 3 is 2.81 bits per heavy atom. The van der Waals surface area contributed by atoms with E-state index in [0.717, 1.165) is 21.9 Å². The lowest BCUT2D eigenvalue weighted by Gasteiger charge is -2.08. The first-order chi connectivity index (χ1) is 12.4. The molecule has 0 bridgehead atoms. The monoisotopic (exact) mass is 390 g/mol. The summed E-state index contributed by atoms with van der Waals surface area (Å²) in [5.41, 5.74) is 1.97. The minimum Gasteiger partial charge on any atom is -0.478 e. The maximum Gasteiger partial charge on any atom is 0.337 e. The summed E-state index contributed by atoms with van der Waals surface area (Å²) in [7, 11) is 0. The van der Waals surface area contributed by atoms with Gasteiger partial charge in [0.05, 0.1) is 21.2 Å². The van der Waals surface area contributed by atoms with Gasteiger partial charge in [0, 0.05) is 24.1 Å². The van der Waals surface area contributed by atoms with Gasteiger partial charge in [0.25, 0.3) is 0 Å². The third kappa shape index (κ3) is 3.47. The van der Waals surface area contributed by atoms with Crippen molar-refractivity contribution in [3.63, 3.8) is 0 Å². The molecule has 2 aromatic heterocycles. The lowest BCUT2D eigenvalue weighted by molar-refractivity contribution is 0.0697. The molecule has 2 N–H and O–H groups in total. The molecule has 0 spiro atoms. The van der Waals surface area contributed by atoms with Crippen LogP contribution in [-0.4, -0.2) is 25.6 Å². The molecule has 0 unspecified atom stereocenters. The van der Waals surface area contributed by atoms with Crippen molar-refractivity contribution in [2.45, 2.75) is 20.4 Å². The fraction of sp³-hybridized carbons (Fsp3) is 0.176. The zero-order valence-corrected chi connectivity index (χ0v) is 15.6. The van der Waals surface area contributed by atoms with Crippen LogP contribution in [0, 0.1) is 6.92 Å². The summed E-state index contributed by atoms with van der Waals surface area (Å²) in [6.07, 6.45) is 1.58. The van der Waals surface area contributed by atoms with Crippen molar-refractivity contribution in [3.05, 3.63) is 56.4 Å². The van der Waals surface area contributed by atoms with Crippen LogP contribution in [0.2, 0.25) is 5.02 Å². The molecule has 0 aliphatic rings. The minimum atomic E-state index is -1.12. The number of thiazole rings is 1. The molecule has 0 saturated carbocycles. The summed E-state index contributed by atoms with van der Waals surface area (Å²) >= 11 is 7.01. The van der Waals surface area contributed by atoms with Crippen LogP contribution in [0.5, 0.6) is 0 Å². The number of nitrogens with zero attached hydrogens (tertiary/aromatic N) is 3. The third-order valence-corrected chi connectivity index (χ3v) is 5.23. The topological polar surface area (TPSA) is 97.1 Å². The van der Waals surface area contributed by atoms with Crippen LogP contribution in [0.25, 0.3) is 10.6 Å². The number of anilines is 2. The van der Waals surface area contributed by atoms with Crippen molar-refractivity contribution in [1.82, 2.24) is 14.5 Å². The van der Waals surface area contributed by atoms with E-state index in [0.29, 0.717) is 23.9 Å². The molecule has 26 heavy (non-hydrogen) atoms. The molecule has 0 fully saturated rings. The van der Waals surface area contributed by atoms with Gasteiger partial charge in [-0.15, -0.1) is 0 Å². The SMILES string of the molecule is CCn1c(C)c(-c2ccnc(Nc3ccc(Cl)c(C(=O)O)c3)n2)sc1=O. The van der Waals surface area contributed by atoms with Crippen LogP contribution in [0.3, 0.4) is 0 Å². The van der Waals surface area contributed by atoms with Gasteiger partial charge in [-0.25, -0.2) is 14.8 Å². The number of aromatic nitrogens is 3. The highest BCUT2D eigenvalue weighted by molar-refractivity contribution is 7.13. The summed E-state index contributed by atoms with van der Waals surface area (Å²) in [5, 5.41) is 12.3. The molecule has 3 rings (SSSR count). The number of aromatic carboxylic acids is 1. The van der Waals surface area contributed by atoms with E-state index < -0.39 is 5.97 Å². The van der Waals surface area contributed by atoms with Crippen LogP contribution >= 0.6 is 22.9 Å². The van der Waals surface area contributed by atoms with E-state index in [2.05, 4.69) is 15.3 Å². The first kappa shape index (κ1) is 18.1. The Morgan fingerprint density at radius 1 is 1.38 bits per heavy atom. The van der Waals surface area contributed by atoms with Crippen LogP contribution < -0.4 is 10.2 Å². The minimum absolute atomic E-state index is 0.0121. The van der Waals surface area contributed by atoms with E-state index in [4.69, 9.17) is 16.7 Å². The number of carboxylic acids is 1. The van der Waals surface area contributed by atoms with Crippen LogP contribution in [0.4, 0.5) is 11.6 Å². The summed E-state index contributed by atoms with van der Waals surface area (Å²) in [6.45, 7) is 4.39. The van der Waals surface area contributed by atoms with Gasteiger partial charge in [-0.1, -0.05) is 22.9 Å². The van der Waals surface area contributed by atoms with Crippen molar-refractivity contribution >= 4 is 40.5 Å². The average Bonchev–Trinajstić information content (AvgIpc) is 2.90. The normalized spacial score (nSPS) is 10.7. The van der Waals surface area contributed by atoms with E-state index in [1.165, 1.54) is 12.1 Å². The van der Waals surface area contributed by atoms with E-state index in [1.807, 2.05) is 13.8 Å². The Morgan fingerprint density at radius 2 is 2.15 bits per heavy atom. The Hall–Kier alpha value is -2.71. The van der Waals surface area contributed by atoms with E-state index in [9.17, 15) is 9.59 Å². The van der Waals surface area contributed by atoms with E-state index >= 15 is 0 Å². The van der Waals surface area contributed by atoms with E-state index in [1.54, 1.807) is 22.9 Å². The Labute approximate surface area is 157 Å². The van der Waals surface area contributed by atoms with Gasteiger partial charge in [0.1, 0.15) is 0 Å². The number of hydrogen-bond donors (Lipinski definition) is 2. The lowest BCUT2D eigenvalue weighted by atomic mass is 10.2. The Bertz CT molecular complexity index is 1040. The maximum absolute atomic E-state index is 12.0. The number of hydrogen-bond acceptors (Lipinski definition) is 6. The lowest BCUT2D eigenvalue weighted by Crippen LogP contribution is -2.12. The number of rotatable bonds is 5. The van der Waals surface area contributed by atoms with Gasteiger partial charge in [-0.2, -0.15) is 0 Å². The highest BCUT2D eigenvalue weighted by Gasteiger charge is 2.14. The summed E-state index contributed by atoms with van der Waals surface area (Å²) in [4.78, 5) is 32.6. The molecule has 7 nitrogen and oxygen atoms in total. The second kappa shape index (κ2) is 7.27. The number of nitrogens with one attached hydrogen (secondary N) is 1. The Kier molecular flexibility index (Phi) is 5.06. The fourth-order valence-electron chi connectivity index (χ4n) is 2.52. The zero-order chi connectivity index (χ0) is 18.8. The van der Waals surface area contributed by atoms with Crippen LogP contribution in [-0.2, 0) is 6.54 Å².